The second kappa shape index (κ2) is 10.1. The molecule has 0 radical (unpaired) electrons. The number of aliphatic hydroxyl groups excluding tert-OH is 1. The van der Waals surface area contributed by atoms with Gasteiger partial charge >= 0.3 is 0 Å². The maximum atomic E-state index is 8.94. The average Bonchev–Trinajstić information content (AvgIpc) is 2.80. The van der Waals surface area contributed by atoms with E-state index < -0.39 is 0 Å². The highest BCUT2D eigenvalue weighted by molar-refractivity contribution is 9.09. The number of hydrogen-bond acceptors (Lipinski definition) is 3. The molecule has 0 aliphatic heterocycles. The molecule has 0 spiro atoms. The van der Waals surface area contributed by atoms with Crippen LogP contribution in [0.25, 0.3) is 0 Å². The lowest BCUT2D eigenvalue weighted by Crippen LogP contribution is -1.99. The van der Waals surface area contributed by atoms with Crippen molar-refractivity contribution in [1.82, 2.24) is 0 Å². The topological polar surface area (TPSA) is 29.5 Å². The van der Waals surface area contributed by atoms with Crippen LogP contribution in [-0.4, -0.2) is 23.7 Å². The molecule has 1 N–H and O–H groups in total. The Morgan fingerprint density at radius 2 is 1.82 bits per heavy atom. The van der Waals surface area contributed by atoms with Gasteiger partial charge in [-0.3, -0.25) is 0 Å². The maximum Gasteiger partial charge on any atom is 0.0774 e. The first kappa shape index (κ1) is 15.2. The molecular weight excluding hydrogens is 300 g/mol. The van der Waals surface area contributed by atoms with Crippen LogP contribution in [0, 0.1) is 0 Å². The van der Waals surface area contributed by atoms with Gasteiger partial charge < -0.3 is 9.84 Å². The van der Waals surface area contributed by atoms with Gasteiger partial charge in [0, 0.05) is 28.1 Å². The monoisotopic (exact) mass is 320 g/mol. The fourth-order valence-corrected chi connectivity index (χ4v) is 2.82. The largest absolute Gasteiger partial charge is 0.391 e. The smallest absolute Gasteiger partial charge is 0.0774 e. The van der Waals surface area contributed by atoms with Crippen molar-refractivity contribution in [2.75, 3.05) is 18.5 Å². The minimum Gasteiger partial charge on any atom is -0.391 e. The third-order valence-electron chi connectivity index (χ3n) is 2.54. The number of hydrogen-bond donors (Lipinski definition) is 1. The molecular formula is C13H21BrO2S. The second-order valence-corrected chi connectivity index (χ2v) is 6.04. The third-order valence-corrected chi connectivity index (χ3v) is 4.23. The zero-order valence-electron chi connectivity index (χ0n) is 10.2. The molecule has 0 aromatic carbocycles. The molecule has 1 aromatic rings. The Labute approximate surface area is 116 Å². The lowest BCUT2D eigenvalue weighted by atomic mass is 10.2. The number of alkyl halides is 1. The Morgan fingerprint density at radius 1 is 1.06 bits per heavy atom. The van der Waals surface area contributed by atoms with Crippen LogP contribution in [0.4, 0.5) is 0 Å². The molecule has 0 aliphatic rings. The predicted octanol–water partition coefficient (Wildman–Crippen LogP) is 3.75. The normalized spacial score (nSPS) is 10.9. The van der Waals surface area contributed by atoms with E-state index in [-0.39, 0.29) is 6.61 Å². The van der Waals surface area contributed by atoms with Crippen LogP contribution < -0.4 is 0 Å². The Bertz CT molecular complexity index is 289. The van der Waals surface area contributed by atoms with Gasteiger partial charge in [-0.15, -0.1) is 11.3 Å². The summed E-state index contributed by atoms with van der Waals surface area (Å²) in [6.45, 7) is 1.82. The molecule has 0 unspecified atom stereocenters. The number of halogens is 1. The summed E-state index contributed by atoms with van der Waals surface area (Å²) in [6.07, 6.45) is 5.95. The molecule has 0 fully saturated rings. The van der Waals surface area contributed by atoms with E-state index in [0.717, 1.165) is 29.8 Å². The van der Waals surface area contributed by atoms with Gasteiger partial charge in [0.15, 0.2) is 0 Å². The van der Waals surface area contributed by atoms with Gasteiger partial charge in [-0.2, -0.15) is 0 Å². The van der Waals surface area contributed by atoms with E-state index >= 15 is 0 Å². The first-order valence-electron chi connectivity index (χ1n) is 6.19. The van der Waals surface area contributed by atoms with Gasteiger partial charge in [-0.1, -0.05) is 28.8 Å². The Kier molecular flexibility index (Phi) is 8.97. The molecule has 2 nitrogen and oxygen atoms in total. The summed E-state index contributed by atoms with van der Waals surface area (Å²) in [5, 5.41) is 10.0. The summed E-state index contributed by atoms with van der Waals surface area (Å²) in [4.78, 5) is 2.34. The van der Waals surface area contributed by atoms with Crippen LogP contribution in [0.1, 0.15) is 35.4 Å². The van der Waals surface area contributed by atoms with Crippen molar-refractivity contribution in [1.29, 1.82) is 0 Å². The lowest BCUT2D eigenvalue weighted by molar-refractivity contribution is 0.133. The minimum atomic E-state index is 0.152. The van der Waals surface area contributed by atoms with Crippen LogP contribution in [0.15, 0.2) is 12.1 Å². The van der Waals surface area contributed by atoms with E-state index in [1.54, 1.807) is 11.3 Å². The number of ether oxygens (including phenoxy) is 1. The van der Waals surface area contributed by atoms with Crippen molar-refractivity contribution in [2.45, 2.75) is 38.7 Å². The molecule has 0 bridgehead atoms. The maximum absolute atomic E-state index is 8.94. The van der Waals surface area contributed by atoms with Crippen LogP contribution in [-0.2, 0) is 17.8 Å². The molecule has 1 aromatic heterocycles. The van der Waals surface area contributed by atoms with Gasteiger partial charge in [-0.05, 0) is 25.0 Å². The van der Waals surface area contributed by atoms with E-state index in [0.29, 0.717) is 0 Å². The Balaban J connectivity index is 1.93. The van der Waals surface area contributed by atoms with Gasteiger partial charge in [0.2, 0.25) is 0 Å². The molecule has 1 heterocycles. The molecule has 1 rings (SSSR count). The van der Waals surface area contributed by atoms with E-state index in [1.165, 1.54) is 30.6 Å². The summed E-state index contributed by atoms with van der Waals surface area (Å²) >= 11 is 5.10. The summed E-state index contributed by atoms with van der Waals surface area (Å²) < 4.78 is 5.59. The van der Waals surface area contributed by atoms with E-state index in [1.807, 2.05) is 6.07 Å². The van der Waals surface area contributed by atoms with Crippen LogP contribution >= 0.6 is 27.3 Å². The van der Waals surface area contributed by atoms with Crippen LogP contribution in [0.5, 0.6) is 0 Å². The zero-order valence-corrected chi connectivity index (χ0v) is 12.6. The van der Waals surface area contributed by atoms with Gasteiger partial charge in [0.1, 0.15) is 0 Å². The highest BCUT2D eigenvalue weighted by Crippen LogP contribution is 2.16. The van der Waals surface area contributed by atoms with Gasteiger partial charge in [0.05, 0.1) is 13.2 Å². The highest BCUT2D eigenvalue weighted by atomic mass is 79.9. The Hall–Kier alpha value is 0.1000. The number of aliphatic hydroxyl groups is 1. The molecule has 4 heteroatoms. The minimum absolute atomic E-state index is 0.152. The molecule has 17 heavy (non-hydrogen) atoms. The molecule has 0 saturated heterocycles. The Morgan fingerprint density at radius 3 is 2.53 bits per heavy atom. The SMILES string of the molecule is OCc1ccc(CCOCCCCCCBr)s1. The second-order valence-electron chi connectivity index (χ2n) is 3.99. The van der Waals surface area contributed by atoms with E-state index in [4.69, 9.17) is 9.84 Å². The van der Waals surface area contributed by atoms with Crippen molar-refractivity contribution < 1.29 is 9.84 Å². The first-order valence-corrected chi connectivity index (χ1v) is 8.12. The summed E-state index contributed by atoms with van der Waals surface area (Å²) in [7, 11) is 0. The predicted molar refractivity (Wildman–Crippen MR) is 77.0 cm³/mol. The summed E-state index contributed by atoms with van der Waals surface area (Å²) in [6, 6.07) is 4.07. The van der Waals surface area contributed by atoms with Crippen molar-refractivity contribution in [3.8, 4) is 0 Å². The average molecular weight is 321 g/mol. The number of rotatable bonds is 10. The summed E-state index contributed by atoms with van der Waals surface area (Å²) in [5.41, 5.74) is 0. The zero-order chi connectivity index (χ0) is 12.3. The van der Waals surface area contributed by atoms with E-state index in [2.05, 4.69) is 22.0 Å². The quantitative estimate of drug-likeness (QED) is 0.525. The lowest BCUT2D eigenvalue weighted by Gasteiger charge is -2.02. The molecule has 0 aliphatic carbocycles. The fraction of sp³-hybridized carbons (Fsp3) is 0.692. The standard InChI is InChI=1S/C13H21BrO2S/c14-8-3-1-2-4-9-16-10-7-12-5-6-13(11-15)17-12/h5-6,15H,1-4,7-11H2. The van der Waals surface area contributed by atoms with Crippen LogP contribution in [0.2, 0.25) is 0 Å². The van der Waals surface area contributed by atoms with Gasteiger partial charge in [0.25, 0.3) is 0 Å². The summed E-state index contributed by atoms with van der Waals surface area (Å²) in [5.74, 6) is 0. The number of thiophene rings is 1. The van der Waals surface area contributed by atoms with Crippen molar-refractivity contribution in [2.24, 2.45) is 0 Å². The molecule has 98 valence electrons. The number of unbranched alkanes of at least 4 members (excludes halogenated alkanes) is 3. The highest BCUT2D eigenvalue weighted by Gasteiger charge is 1.99. The first-order chi connectivity index (χ1) is 8.36. The van der Waals surface area contributed by atoms with E-state index in [9.17, 15) is 0 Å². The van der Waals surface area contributed by atoms with Crippen molar-refractivity contribution in [3.63, 3.8) is 0 Å². The van der Waals surface area contributed by atoms with Crippen LogP contribution in [0.3, 0.4) is 0 Å². The third kappa shape index (κ3) is 7.19. The van der Waals surface area contributed by atoms with Gasteiger partial charge in [-0.25, -0.2) is 0 Å². The molecule has 0 amide bonds. The van der Waals surface area contributed by atoms with Crippen molar-refractivity contribution in [3.05, 3.63) is 21.9 Å². The van der Waals surface area contributed by atoms with Crippen molar-refractivity contribution >= 4 is 27.3 Å². The fourth-order valence-electron chi connectivity index (χ4n) is 1.57. The molecule has 0 saturated carbocycles. The molecule has 0 atom stereocenters.